The third-order valence-electron chi connectivity index (χ3n) is 6.07. The summed E-state index contributed by atoms with van der Waals surface area (Å²) < 4.78 is 0. The Morgan fingerprint density at radius 3 is 2.62 bits per heavy atom. The predicted molar refractivity (Wildman–Crippen MR) is 115 cm³/mol. The van der Waals surface area contributed by atoms with Gasteiger partial charge in [0.15, 0.2) is 0 Å². The lowest BCUT2D eigenvalue weighted by Gasteiger charge is -2.44. The van der Waals surface area contributed by atoms with Crippen LogP contribution in [0.5, 0.6) is 0 Å². The van der Waals surface area contributed by atoms with Crippen molar-refractivity contribution in [2.45, 2.75) is 38.8 Å². The van der Waals surface area contributed by atoms with E-state index in [0.717, 1.165) is 24.3 Å². The van der Waals surface area contributed by atoms with Gasteiger partial charge in [-0.25, -0.2) is 4.98 Å². The van der Waals surface area contributed by atoms with Gasteiger partial charge in [-0.15, -0.1) is 0 Å². The number of carbonyl (C=O) groups is 2. The molecular weight excluding hydrogens is 388 g/mol. The van der Waals surface area contributed by atoms with Crippen LogP contribution in [0.25, 0.3) is 0 Å². The lowest BCUT2D eigenvalue weighted by atomic mass is 9.94. The number of carbonyl (C=O) groups excluding carboxylic acids is 2. The van der Waals surface area contributed by atoms with Crippen LogP contribution < -0.4 is 9.80 Å². The Morgan fingerprint density at radius 2 is 2.00 bits per heavy atom. The minimum absolute atomic E-state index is 0.0667. The molecule has 152 valence electrons. The maximum atomic E-state index is 13.0. The van der Waals surface area contributed by atoms with E-state index in [1.165, 1.54) is 0 Å². The van der Waals surface area contributed by atoms with Crippen molar-refractivity contribution in [2.24, 2.45) is 0 Å². The van der Waals surface area contributed by atoms with Gasteiger partial charge < -0.3 is 9.80 Å². The minimum Gasteiger partial charge on any atom is -0.367 e. The molecule has 1 fully saturated rings. The van der Waals surface area contributed by atoms with Crippen molar-refractivity contribution >= 4 is 34.9 Å². The Balaban J connectivity index is 1.53. The third kappa shape index (κ3) is 3.15. The highest BCUT2D eigenvalue weighted by molar-refractivity contribution is 6.31. The maximum Gasteiger partial charge on any atom is 0.260 e. The first-order valence-corrected chi connectivity index (χ1v) is 10.2. The van der Waals surface area contributed by atoms with Gasteiger partial charge in [0.25, 0.3) is 5.91 Å². The fourth-order valence-electron chi connectivity index (χ4n) is 4.15. The molecule has 0 atom stereocenters. The Labute approximate surface area is 176 Å². The van der Waals surface area contributed by atoms with E-state index in [-0.39, 0.29) is 17.9 Å². The maximum absolute atomic E-state index is 13.0. The van der Waals surface area contributed by atoms with Gasteiger partial charge in [0, 0.05) is 37.1 Å². The van der Waals surface area contributed by atoms with E-state index in [2.05, 4.69) is 9.88 Å². The zero-order valence-corrected chi connectivity index (χ0v) is 17.9. The summed E-state index contributed by atoms with van der Waals surface area (Å²) in [5, 5.41) is 0.618. The van der Waals surface area contributed by atoms with E-state index in [9.17, 15) is 9.59 Å². The minimum atomic E-state index is -0.535. The number of rotatable bonds is 4. The molecule has 0 radical (unpaired) electrons. The van der Waals surface area contributed by atoms with Crippen molar-refractivity contribution in [3.63, 3.8) is 0 Å². The van der Waals surface area contributed by atoms with E-state index < -0.39 is 5.54 Å². The molecule has 29 heavy (non-hydrogen) atoms. The molecule has 0 spiro atoms. The number of amides is 2. The molecule has 0 unspecified atom stereocenters. The predicted octanol–water partition coefficient (Wildman–Crippen LogP) is 3.69. The number of nitrogens with zero attached hydrogens (tertiary/aromatic N) is 4. The molecule has 2 amide bonds. The lowest BCUT2D eigenvalue weighted by molar-refractivity contribution is -0.135. The first kappa shape index (κ1) is 19.7. The number of hydrogen-bond acceptors (Lipinski definition) is 4. The number of likely N-dealkylation sites (tertiary alicyclic amines) is 1. The normalized spacial score (nSPS) is 17.9. The van der Waals surface area contributed by atoms with Gasteiger partial charge >= 0.3 is 0 Å². The van der Waals surface area contributed by atoms with E-state index >= 15 is 0 Å². The molecule has 0 saturated carbocycles. The largest absolute Gasteiger partial charge is 0.367 e. The van der Waals surface area contributed by atoms with Crippen LogP contribution in [-0.4, -0.2) is 47.9 Å². The third-order valence-corrected chi connectivity index (χ3v) is 6.30. The van der Waals surface area contributed by atoms with Crippen LogP contribution in [0.3, 0.4) is 0 Å². The highest BCUT2D eigenvalue weighted by Gasteiger charge is 2.44. The molecule has 2 aliphatic heterocycles. The average Bonchev–Trinajstić information content (AvgIpc) is 2.85. The summed E-state index contributed by atoms with van der Waals surface area (Å²) in [5.74, 6) is 0.737. The molecule has 7 heteroatoms. The van der Waals surface area contributed by atoms with Gasteiger partial charge in [-0.05, 0) is 49.7 Å². The zero-order valence-electron chi connectivity index (χ0n) is 17.1. The second-order valence-corrected chi connectivity index (χ2v) is 8.62. The number of halogens is 1. The van der Waals surface area contributed by atoms with Crippen LogP contribution in [0.1, 0.15) is 43.1 Å². The van der Waals surface area contributed by atoms with Gasteiger partial charge in [0.1, 0.15) is 5.82 Å². The Kier molecular flexibility index (Phi) is 4.77. The smallest absolute Gasteiger partial charge is 0.260 e. The number of aromatic nitrogens is 1. The number of likely N-dealkylation sites (N-methyl/N-ethyl adjacent to an activating group) is 1. The molecule has 4 rings (SSSR count). The van der Waals surface area contributed by atoms with E-state index in [4.69, 9.17) is 11.6 Å². The molecule has 2 aliphatic rings. The fourth-order valence-corrected chi connectivity index (χ4v) is 4.32. The van der Waals surface area contributed by atoms with E-state index in [1.54, 1.807) is 23.2 Å². The Morgan fingerprint density at radius 1 is 1.28 bits per heavy atom. The number of pyridine rings is 1. The standard InChI is InChI=1S/C22H25ClN4O2/c1-5-20(28)26-12-16(13-26)25(4)15-7-9-19(24-11-15)27-21(29)17-8-6-14(23)10-18(17)22(27,2)3/h6-11,16H,5,12-13H2,1-4H3. The molecule has 1 aromatic heterocycles. The average molecular weight is 413 g/mol. The summed E-state index contributed by atoms with van der Waals surface area (Å²) in [5.41, 5.74) is 2.00. The van der Waals surface area contributed by atoms with Gasteiger partial charge in [0.2, 0.25) is 5.91 Å². The molecule has 6 nitrogen and oxygen atoms in total. The van der Waals surface area contributed by atoms with Gasteiger partial charge in [-0.3, -0.25) is 14.5 Å². The fraction of sp³-hybridized carbons (Fsp3) is 0.409. The van der Waals surface area contributed by atoms with Crippen molar-refractivity contribution in [1.82, 2.24) is 9.88 Å². The number of benzene rings is 1. The van der Waals surface area contributed by atoms with Gasteiger partial charge in [-0.2, -0.15) is 0 Å². The van der Waals surface area contributed by atoms with Crippen molar-refractivity contribution in [1.29, 1.82) is 0 Å². The van der Waals surface area contributed by atoms with Gasteiger partial charge in [-0.1, -0.05) is 18.5 Å². The molecular formula is C22H25ClN4O2. The van der Waals surface area contributed by atoms with Crippen LogP contribution in [0.4, 0.5) is 11.5 Å². The summed E-state index contributed by atoms with van der Waals surface area (Å²) in [6.07, 6.45) is 2.33. The van der Waals surface area contributed by atoms with E-state index in [0.29, 0.717) is 22.8 Å². The summed E-state index contributed by atoms with van der Waals surface area (Å²) in [7, 11) is 2.01. The number of anilines is 2. The summed E-state index contributed by atoms with van der Waals surface area (Å²) in [6, 6.07) is 9.53. The summed E-state index contributed by atoms with van der Waals surface area (Å²) in [6.45, 7) is 7.36. The van der Waals surface area contributed by atoms with Gasteiger partial charge in [0.05, 0.1) is 23.5 Å². The summed E-state index contributed by atoms with van der Waals surface area (Å²) >= 11 is 6.16. The molecule has 0 aliphatic carbocycles. The SMILES string of the molecule is CCC(=O)N1CC(N(C)c2ccc(N3C(=O)c4ccc(Cl)cc4C3(C)C)nc2)C1. The molecule has 3 heterocycles. The zero-order chi connectivity index (χ0) is 20.9. The molecule has 2 aromatic rings. The first-order valence-electron chi connectivity index (χ1n) is 9.85. The Bertz CT molecular complexity index is 967. The monoisotopic (exact) mass is 412 g/mol. The molecule has 0 bridgehead atoms. The highest BCUT2D eigenvalue weighted by atomic mass is 35.5. The number of fused-ring (bicyclic) bond motifs is 1. The van der Waals surface area contributed by atoms with Crippen molar-refractivity contribution in [3.05, 3.63) is 52.7 Å². The van der Waals surface area contributed by atoms with Crippen molar-refractivity contribution < 1.29 is 9.59 Å². The van der Waals surface area contributed by atoms with Crippen molar-refractivity contribution in [3.8, 4) is 0 Å². The van der Waals surface area contributed by atoms with Crippen LogP contribution in [0, 0.1) is 0 Å². The molecule has 0 N–H and O–H groups in total. The first-order chi connectivity index (χ1) is 13.7. The quantitative estimate of drug-likeness (QED) is 0.768. The lowest BCUT2D eigenvalue weighted by Crippen LogP contribution is -2.60. The van der Waals surface area contributed by atoms with Crippen LogP contribution >= 0.6 is 11.6 Å². The molecule has 1 saturated heterocycles. The van der Waals surface area contributed by atoms with Crippen LogP contribution in [0.15, 0.2) is 36.5 Å². The second-order valence-electron chi connectivity index (χ2n) is 8.18. The van der Waals surface area contributed by atoms with Crippen molar-refractivity contribution in [2.75, 3.05) is 29.9 Å². The summed E-state index contributed by atoms with van der Waals surface area (Å²) in [4.78, 5) is 35.1. The molecule has 1 aromatic carbocycles. The topological polar surface area (TPSA) is 56.8 Å². The van der Waals surface area contributed by atoms with E-state index in [1.807, 2.05) is 50.9 Å². The second kappa shape index (κ2) is 7.02. The highest BCUT2D eigenvalue weighted by Crippen LogP contribution is 2.42. The number of hydrogen-bond donors (Lipinski definition) is 0. The Hall–Kier alpha value is -2.60. The van der Waals surface area contributed by atoms with Crippen LogP contribution in [0.2, 0.25) is 5.02 Å². The van der Waals surface area contributed by atoms with Crippen LogP contribution in [-0.2, 0) is 10.3 Å².